The Morgan fingerprint density at radius 3 is 2.79 bits per heavy atom. The van der Waals surface area contributed by atoms with Crippen molar-refractivity contribution in [3.05, 3.63) is 41.2 Å². The van der Waals surface area contributed by atoms with Crippen molar-refractivity contribution in [2.45, 2.75) is 0 Å². The van der Waals surface area contributed by atoms with Gasteiger partial charge in [-0.05, 0) is 23.8 Å². The monoisotopic (exact) mass is 190 g/mol. The molecule has 0 aliphatic heterocycles. The topological polar surface area (TPSA) is 66.9 Å². The number of hydrogen-bond acceptors (Lipinski definition) is 2. The second kappa shape index (κ2) is 4.19. The van der Waals surface area contributed by atoms with Crippen LogP contribution in [-0.2, 0) is 4.79 Å². The Balaban J connectivity index is 3.08. The molecule has 1 amide bonds. The summed E-state index contributed by atoms with van der Waals surface area (Å²) in [4.78, 5) is 10.7. The summed E-state index contributed by atoms with van der Waals surface area (Å²) in [5.41, 5.74) is 5.14. The molecule has 0 unspecified atom stereocenters. The number of carbonyl (C=O) groups is 1. The molecule has 3 nitrogen and oxygen atoms in total. The number of benzene rings is 1. The molecule has 0 atom stereocenters. The van der Waals surface area contributed by atoms with Crippen LogP contribution in [0.5, 0.6) is 0 Å². The Bertz CT molecular complexity index is 432. The quantitative estimate of drug-likeness (QED) is 0.562. The standard InChI is InChI=1S/C10H7FN2O/c11-9-3-1-2-7(5-9)4-8(6-12)10(13)14/h1-5H,(H2,13,14). The number of primary amides is 1. The minimum atomic E-state index is -0.822. The molecule has 0 bridgehead atoms. The van der Waals surface area contributed by atoms with E-state index >= 15 is 0 Å². The van der Waals surface area contributed by atoms with E-state index in [0.29, 0.717) is 5.56 Å². The number of nitrogens with two attached hydrogens (primary N) is 1. The molecule has 1 aromatic carbocycles. The molecule has 1 rings (SSSR count). The van der Waals surface area contributed by atoms with Gasteiger partial charge in [-0.15, -0.1) is 0 Å². The van der Waals surface area contributed by atoms with Gasteiger partial charge in [-0.2, -0.15) is 5.26 Å². The molecule has 1 aromatic rings. The summed E-state index contributed by atoms with van der Waals surface area (Å²) < 4.78 is 12.7. The van der Waals surface area contributed by atoms with Gasteiger partial charge in [0, 0.05) is 0 Å². The molecule has 0 saturated carbocycles. The first kappa shape index (κ1) is 9.93. The lowest BCUT2D eigenvalue weighted by Gasteiger charge is -1.94. The van der Waals surface area contributed by atoms with E-state index in [1.807, 2.05) is 0 Å². The fraction of sp³-hybridized carbons (Fsp3) is 0. The number of rotatable bonds is 2. The van der Waals surface area contributed by atoms with E-state index in [9.17, 15) is 9.18 Å². The van der Waals surface area contributed by atoms with E-state index in [2.05, 4.69) is 0 Å². The van der Waals surface area contributed by atoms with Gasteiger partial charge in [0.25, 0.3) is 5.91 Å². The summed E-state index contributed by atoms with van der Waals surface area (Å²) in [7, 11) is 0. The molecular weight excluding hydrogens is 183 g/mol. The molecule has 0 radical (unpaired) electrons. The Kier molecular flexibility index (Phi) is 2.97. The number of halogens is 1. The molecule has 0 aliphatic rings. The second-order valence-electron chi connectivity index (χ2n) is 2.59. The number of amides is 1. The highest BCUT2D eigenvalue weighted by Crippen LogP contribution is 2.08. The fourth-order valence-corrected chi connectivity index (χ4v) is 0.922. The summed E-state index contributed by atoms with van der Waals surface area (Å²) in [5.74, 6) is -1.25. The Morgan fingerprint density at radius 2 is 2.29 bits per heavy atom. The lowest BCUT2D eigenvalue weighted by atomic mass is 10.1. The van der Waals surface area contributed by atoms with Gasteiger partial charge >= 0.3 is 0 Å². The third-order valence-electron chi connectivity index (χ3n) is 1.55. The molecule has 0 spiro atoms. The number of hydrogen-bond donors (Lipinski definition) is 1. The first-order valence-electron chi connectivity index (χ1n) is 3.80. The summed E-state index contributed by atoms with van der Waals surface area (Å²) in [6, 6.07) is 7.17. The van der Waals surface area contributed by atoms with Gasteiger partial charge < -0.3 is 5.73 Å². The van der Waals surface area contributed by atoms with E-state index in [-0.39, 0.29) is 5.57 Å². The smallest absolute Gasteiger partial charge is 0.259 e. The largest absolute Gasteiger partial charge is 0.365 e. The zero-order valence-corrected chi connectivity index (χ0v) is 7.20. The normalized spacial score (nSPS) is 10.7. The predicted octanol–water partition coefficient (Wildman–Crippen LogP) is 1.22. The van der Waals surface area contributed by atoms with Gasteiger partial charge in [-0.3, -0.25) is 4.79 Å². The maximum absolute atomic E-state index is 12.7. The summed E-state index contributed by atoms with van der Waals surface area (Å²) in [6.45, 7) is 0. The van der Waals surface area contributed by atoms with Gasteiger partial charge in [0.1, 0.15) is 17.5 Å². The van der Waals surface area contributed by atoms with Crippen LogP contribution in [0, 0.1) is 17.1 Å². The molecule has 70 valence electrons. The van der Waals surface area contributed by atoms with Gasteiger partial charge in [0.2, 0.25) is 0 Å². The van der Waals surface area contributed by atoms with Crippen LogP contribution in [0.25, 0.3) is 6.08 Å². The maximum Gasteiger partial charge on any atom is 0.259 e. The van der Waals surface area contributed by atoms with Crippen molar-refractivity contribution in [3.63, 3.8) is 0 Å². The van der Waals surface area contributed by atoms with Crippen LogP contribution in [0.1, 0.15) is 5.56 Å². The number of nitrogens with zero attached hydrogens (tertiary/aromatic N) is 1. The highest BCUT2D eigenvalue weighted by Gasteiger charge is 2.02. The third kappa shape index (κ3) is 2.42. The van der Waals surface area contributed by atoms with Crippen LogP contribution in [0.4, 0.5) is 4.39 Å². The molecule has 0 saturated heterocycles. The Labute approximate surface area is 80.3 Å². The minimum Gasteiger partial charge on any atom is -0.365 e. The summed E-state index contributed by atoms with van der Waals surface area (Å²) >= 11 is 0. The van der Waals surface area contributed by atoms with Crippen LogP contribution < -0.4 is 5.73 Å². The van der Waals surface area contributed by atoms with Gasteiger partial charge in [-0.1, -0.05) is 12.1 Å². The molecule has 0 fully saturated rings. The number of carbonyl (C=O) groups excluding carboxylic acids is 1. The van der Waals surface area contributed by atoms with Gasteiger partial charge in [0.05, 0.1) is 0 Å². The van der Waals surface area contributed by atoms with Gasteiger partial charge in [-0.25, -0.2) is 4.39 Å². The van der Waals surface area contributed by atoms with E-state index in [1.165, 1.54) is 24.3 Å². The summed E-state index contributed by atoms with van der Waals surface area (Å²) in [6.07, 6.45) is 1.24. The summed E-state index contributed by atoms with van der Waals surface area (Å²) in [5, 5.41) is 8.51. The van der Waals surface area contributed by atoms with Crippen molar-refractivity contribution < 1.29 is 9.18 Å². The van der Waals surface area contributed by atoms with Crippen LogP contribution >= 0.6 is 0 Å². The molecule has 0 heterocycles. The second-order valence-corrected chi connectivity index (χ2v) is 2.59. The third-order valence-corrected chi connectivity index (χ3v) is 1.55. The van der Waals surface area contributed by atoms with Crippen molar-refractivity contribution in [3.8, 4) is 6.07 Å². The van der Waals surface area contributed by atoms with Crippen LogP contribution in [0.2, 0.25) is 0 Å². The van der Waals surface area contributed by atoms with Crippen molar-refractivity contribution in [2.24, 2.45) is 5.73 Å². The van der Waals surface area contributed by atoms with E-state index in [4.69, 9.17) is 11.0 Å². The Morgan fingerprint density at radius 1 is 1.57 bits per heavy atom. The SMILES string of the molecule is N#CC(=Cc1cccc(F)c1)C(N)=O. The molecule has 4 heteroatoms. The zero-order valence-electron chi connectivity index (χ0n) is 7.20. The Hall–Kier alpha value is -2.15. The van der Waals surface area contributed by atoms with Crippen molar-refractivity contribution in [1.29, 1.82) is 5.26 Å². The van der Waals surface area contributed by atoms with E-state index in [0.717, 1.165) is 0 Å². The molecular formula is C10H7FN2O. The predicted molar refractivity (Wildman–Crippen MR) is 49.2 cm³/mol. The fourth-order valence-electron chi connectivity index (χ4n) is 0.922. The lowest BCUT2D eigenvalue weighted by molar-refractivity contribution is -0.114. The molecule has 0 aliphatic carbocycles. The average Bonchev–Trinajstić information content (AvgIpc) is 2.14. The van der Waals surface area contributed by atoms with E-state index in [1.54, 1.807) is 12.1 Å². The zero-order chi connectivity index (χ0) is 10.6. The van der Waals surface area contributed by atoms with Crippen LogP contribution in [0.15, 0.2) is 29.8 Å². The van der Waals surface area contributed by atoms with E-state index < -0.39 is 11.7 Å². The first-order chi connectivity index (χ1) is 6.63. The van der Waals surface area contributed by atoms with Crippen molar-refractivity contribution in [2.75, 3.05) is 0 Å². The van der Waals surface area contributed by atoms with Crippen LogP contribution in [0.3, 0.4) is 0 Å². The minimum absolute atomic E-state index is 0.199. The highest BCUT2D eigenvalue weighted by molar-refractivity contribution is 6.00. The van der Waals surface area contributed by atoms with Crippen LogP contribution in [-0.4, -0.2) is 5.91 Å². The molecule has 14 heavy (non-hydrogen) atoms. The maximum atomic E-state index is 12.7. The highest BCUT2D eigenvalue weighted by atomic mass is 19.1. The average molecular weight is 190 g/mol. The van der Waals surface area contributed by atoms with Crippen molar-refractivity contribution in [1.82, 2.24) is 0 Å². The first-order valence-corrected chi connectivity index (χ1v) is 3.80. The van der Waals surface area contributed by atoms with Crippen molar-refractivity contribution >= 4 is 12.0 Å². The molecule has 0 aromatic heterocycles. The van der Waals surface area contributed by atoms with Gasteiger partial charge in [0.15, 0.2) is 0 Å². The number of nitriles is 1. The molecule has 2 N–H and O–H groups in total. The lowest BCUT2D eigenvalue weighted by Crippen LogP contribution is -2.12.